The quantitative estimate of drug-likeness (QED) is 0.0153. The van der Waals surface area contributed by atoms with E-state index in [1.807, 2.05) is 41.5 Å². The second-order valence-corrected chi connectivity index (χ2v) is 72.9. The van der Waals surface area contributed by atoms with Crippen LogP contribution >= 0.6 is 0 Å². The molecule has 0 spiro atoms. The van der Waals surface area contributed by atoms with E-state index in [1.54, 1.807) is 83.1 Å². The van der Waals surface area contributed by atoms with Gasteiger partial charge in [0.25, 0.3) is 0 Å². The van der Waals surface area contributed by atoms with Crippen LogP contribution < -0.4 is 0 Å². The third kappa shape index (κ3) is 119. The summed E-state index contributed by atoms with van der Waals surface area (Å²) < 4.78 is 0. The molecule has 0 saturated carbocycles. The monoisotopic (exact) mass is 2530 g/mol. The summed E-state index contributed by atoms with van der Waals surface area (Å²) >= 11 is 0. The number of aliphatic hydroxyl groups is 12. The normalized spacial score (nSPS) is 14.9. The Morgan fingerprint density at radius 3 is 0.533 bits per heavy atom. The van der Waals surface area contributed by atoms with Crippen LogP contribution in [0.25, 0.3) is 29.9 Å². The molecule has 0 aromatic carbocycles. The Hall–Kier alpha value is 3.38. The zero-order valence-electron chi connectivity index (χ0n) is 111. The van der Waals surface area contributed by atoms with Crippen LogP contribution in [0, 0.1) is 80.1 Å². The molecule has 0 aliphatic carbocycles. The maximum atomic E-state index is 8.83. The second kappa shape index (κ2) is 123. The van der Waals surface area contributed by atoms with Gasteiger partial charge in [0.05, 0.1) is 73.2 Å². The summed E-state index contributed by atoms with van der Waals surface area (Å²) in [6, 6.07) is 19.6. The zero-order chi connectivity index (χ0) is 112. The molecule has 0 rings (SSSR count). The van der Waals surface area contributed by atoms with Crippen molar-refractivity contribution in [2.24, 2.45) is 35.5 Å². The fourth-order valence-electron chi connectivity index (χ4n) is 14.4. The number of rotatable bonds is 59. The van der Waals surface area contributed by atoms with E-state index < -0.39 is 123 Å². The molecule has 0 heterocycles. The molecular weight excluding hydrogens is 2250 g/mol. The third-order valence-corrected chi connectivity index (χ3v) is 59.4. The van der Waals surface area contributed by atoms with Gasteiger partial charge >= 0.3 is 101 Å². The van der Waals surface area contributed by atoms with Crippen LogP contribution in [0.15, 0.2) is 0 Å². The van der Waals surface area contributed by atoms with Crippen molar-refractivity contribution in [3.05, 3.63) is 74.5 Å². The summed E-state index contributed by atoms with van der Waals surface area (Å²) in [7, 11) is 5.07. The van der Waals surface area contributed by atoms with Gasteiger partial charge in [-0.15, -0.1) is 37.3 Å². The van der Waals surface area contributed by atoms with Gasteiger partial charge in [0.1, 0.15) is 0 Å². The molecule has 24 nitrogen and oxygen atoms in total. The summed E-state index contributed by atoms with van der Waals surface area (Å²) in [4.78, 5) is 44.6. The molecule has 0 aliphatic heterocycles. The average molecular weight is 2530 g/mol. The molecule has 150 heavy (non-hydrogen) atoms. The Bertz CT molecular complexity index is 2300. The van der Waals surface area contributed by atoms with Crippen molar-refractivity contribution in [2.45, 2.75) is 524 Å². The molecule has 936 valence electrons. The van der Waals surface area contributed by atoms with Crippen LogP contribution in [-0.4, -0.2) is 371 Å². The first-order chi connectivity index (χ1) is 63.1. The minimum atomic E-state index is -1.37. The van der Waals surface area contributed by atoms with E-state index in [-0.39, 0.29) is 192 Å². The smallest absolute Gasteiger partial charge is 0.664 e. The molecule has 12 unspecified atom stereocenters. The van der Waals surface area contributed by atoms with Crippen molar-refractivity contribution in [3.63, 3.8) is 0 Å². The molecule has 0 saturated heterocycles. The first-order valence-electron chi connectivity index (χ1n) is 55.6. The minimum Gasteiger partial charge on any atom is -0.664 e. The van der Waals surface area contributed by atoms with Gasteiger partial charge in [0.2, 0.25) is 0 Å². The molecule has 0 amide bonds. The van der Waals surface area contributed by atoms with Crippen LogP contribution in [-0.2, 0) is 101 Å². The SMILES string of the molecule is CC(O)C(C)C(C)O.CC(O)C(C)C(C)O.CC(O)C(C)C(C)O.CC(O)C(C)C(C)O.CC(O)C(C)C(C)O.CC(O)C(C)C(C)O.CCN(CC)CC(C)(C)[N-][Si](CC)(CC)CC.CCN(CC)CCC[N-][Si](CC)(CC)CC.CCN(CC)CC[N-][Si](CC)(CC)CC.CC[Si](CC)(CC)[N-]C(C)(C)CN(C)C.CC[Si](CC)(CC)[N-]CCCN(C)C.CN(C)CC[N-][Si](C)(C)C(C)(C)C.[CH3-].[CH3-].[CH3-].[CH3-].[CH3-].[CH3-].[Co+3].[Co+3].[Co+3].[Co+3].[Co+3].[Co+3]. The van der Waals surface area contributed by atoms with Crippen molar-refractivity contribution in [2.75, 3.05) is 147 Å². The average Bonchev–Trinajstić information content (AvgIpc) is 0.846. The maximum Gasteiger partial charge on any atom is 3.00 e. The Morgan fingerprint density at radius 1 is 0.213 bits per heavy atom. The van der Waals surface area contributed by atoms with Gasteiger partial charge in [0, 0.05) is 35.5 Å². The van der Waals surface area contributed by atoms with Crippen LogP contribution in [0.3, 0.4) is 0 Å². The Morgan fingerprint density at radius 2 is 0.380 bits per heavy atom. The van der Waals surface area contributed by atoms with Crippen molar-refractivity contribution in [1.29, 1.82) is 0 Å². The van der Waals surface area contributed by atoms with E-state index in [0.717, 1.165) is 78.5 Å². The standard InChI is InChI=1S/C14H33N2Si.C13H31N2Si.2C12H29N2Si.C11H27N2Si.C10H25N2Si.6C6H14O2.6CH3.6Co/c1-8-16(9-2)13-14(6,7)15-17(10-3,11-4)12-5;1-6-15(7-2)13-11-12-14-16(8-3,9-4)10-5;1-8-15(9-2,10-3)13-12(4,5)11-14(6)7;1-6-14(7-2)12-11-13-15(8-3,9-4)10-5;1-6-14(7-2,8-3)12-10-9-11-13(4)5;1-10(2,3)13(6,7)11-8-9-12(4)5;6*1-4(5(2)7)6(3)8;;;;;;;;;;;;/h8-13H2,1-7H3;6-13H2,1-5H3;8-11H2,1-7H3;6-12H2,1-5H3;6-11H2,1-5H3;8-9H2,1-7H3;6*4-8H,1-3H3;6*1H3;;;;;;/q6*-1;;;;;;;6*-1;6*+3. The van der Waals surface area contributed by atoms with Crippen LogP contribution in [0.1, 0.15) is 331 Å². The van der Waals surface area contributed by atoms with E-state index in [0.29, 0.717) is 5.04 Å². The van der Waals surface area contributed by atoms with Gasteiger partial charge in [0.15, 0.2) is 0 Å². The van der Waals surface area contributed by atoms with Gasteiger partial charge in [-0.1, -0.05) is 406 Å². The van der Waals surface area contributed by atoms with Gasteiger partial charge in [-0.3, -0.25) is 0 Å². The van der Waals surface area contributed by atoms with Gasteiger partial charge in [-0.05, 0) is 204 Å². The van der Waals surface area contributed by atoms with Crippen molar-refractivity contribution in [3.8, 4) is 0 Å². The van der Waals surface area contributed by atoms with Gasteiger partial charge in [-0.2, -0.15) is 0 Å². The molecule has 0 fully saturated rings. The zero-order valence-corrected chi connectivity index (χ0v) is 123. The second-order valence-electron chi connectivity index (χ2n) is 43.7. The molecule has 0 bridgehead atoms. The van der Waals surface area contributed by atoms with Crippen LogP contribution in [0.5, 0.6) is 0 Å². The summed E-state index contributed by atoms with van der Waals surface area (Å²) in [6.07, 6.45) is -2.42. The number of nitrogens with zero attached hydrogens (tertiary/aromatic N) is 12. The van der Waals surface area contributed by atoms with Crippen molar-refractivity contribution < 1.29 is 162 Å². The predicted molar refractivity (Wildman–Crippen MR) is 673 cm³/mol. The molecule has 0 radical (unpaired) electrons. The molecule has 36 heteroatoms. The third-order valence-electron chi connectivity index (χ3n) is 30.1. The maximum absolute atomic E-state index is 8.83. The molecule has 0 aromatic rings. The molecule has 12 atom stereocenters. The van der Waals surface area contributed by atoms with E-state index in [1.165, 1.54) is 130 Å². The van der Waals surface area contributed by atoms with Crippen molar-refractivity contribution >= 4 is 49.4 Å². The largest absolute Gasteiger partial charge is 3.00 e. The fraction of sp³-hybridized carbons (Fsp3) is 0.947. The van der Waals surface area contributed by atoms with E-state index in [9.17, 15) is 0 Å². The predicted octanol–water partition coefficient (Wildman–Crippen LogP) is 27.2. The fourth-order valence-corrected chi connectivity index (χ4v) is 30.5. The summed E-state index contributed by atoms with van der Waals surface area (Å²) in [6.45, 7) is 118. The summed E-state index contributed by atoms with van der Waals surface area (Å²) in [5, 5.41) is 106. The molecule has 12 N–H and O–H groups in total. The Kier molecular flexibility index (Phi) is 175. The summed E-state index contributed by atoms with van der Waals surface area (Å²) in [5.41, 5.74) is 0.248. The van der Waals surface area contributed by atoms with Crippen LogP contribution in [0.4, 0.5) is 0 Å². The first kappa shape index (κ1) is 213. The van der Waals surface area contributed by atoms with E-state index in [2.05, 4.69) is 279 Å². The number of hydrogen-bond acceptors (Lipinski definition) is 18. The molecule has 0 aromatic heterocycles. The van der Waals surface area contributed by atoms with Gasteiger partial charge in [-0.25, -0.2) is 0 Å². The Labute approximate surface area is 1010 Å². The summed E-state index contributed by atoms with van der Waals surface area (Å²) in [5.74, 6) is -0.111. The molecular formula is C114H276Co6N12O12Si6+6. The topological polar surface area (TPSA) is 347 Å². The van der Waals surface area contributed by atoms with Crippen LogP contribution in [0.2, 0.25) is 109 Å². The van der Waals surface area contributed by atoms with E-state index in [4.69, 9.17) is 91.2 Å². The van der Waals surface area contributed by atoms with Gasteiger partial charge < -0.3 is 165 Å². The van der Waals surface area contributed by atoms with Crippen molar-refractivity contribution in [1.82, 2.24) is 29.4 Å². The number of hydrogen-bond donors (Lipinski definition) is 12. The Balaban J connectivity index is -0.0000000526. The minimum absolute atomic E-state index is 0. The van der Waals surface area contributed by atoms with E-state index >= 15 is 0 Å². The number of aliphatic hydroxyl groups excluding tert-OH is 12. The molecule has 0 aliphatic rings. The first-order valence-corrected chi connectivity index (χ1v) is 71.4. The number of likely N-dealkylation sites (N-methyl/N-ethyl adjacent to an activating group) is 4.